The summed E-state index contributed by atoms with van der Waals surface area (Å²) in [6, 6.07) is 18.3. The van der Waals surface area contributed by atoms with Gasteiger partial charge >= 0.3 is 10.3 Å². The summed E-state index contributed by atoms with van der Waals surface area (Å²) >= 11 is 0. The first kappa shape index (κ1) is 14.9. The van der Waals surface area contributed by atoms with Crippen molar-refractivity contribution in [3.63, 3.8) is 0 Å². The van der Waals surface area contributed by atoms with Gasteiger partial charge in [-0.1, -0.05) is 60.2 Å². The number of hydrogen-bond acceptors (Lipinski definition) is 3. The summed E-state index contributed by atoms with van der Waals surface area (Å²) in [5, 5.41) is 0. The van der Waals surface area contributed by atoms with E-state index in [9.17, 15) is 8.42 Å². The van der Waals surface area contributed by atoms with Crippen molar-refractivity contribution in [1.82, 2.24) is 0 Å². The van der Waals surface area contributed by atoms with Crippen LogP contribution in [0.5, 0.6) is 0 Å². The zero-order chi connectivity index (χ0) is 15.6. The molecule has 114 valence electrons. The molecule has 0 saturated heterocycles. The first-order chi connectivity index (χ1) is 10.5. The SMILES string of the molecule is Cc1cccc([C@H](CC2=NS(=O)(=O)OC2)c2ccccc2)c1. The van der Waals surface area contributed by atoms with E-state index in [1.165, 1.54) is 5.56 Å². The van der Waals surface area contributed by atoms with Crippen LogP contribution in [0.1, 0.15) is 29.0 Å². The van der Waals surface area contributed by atoms with E-state index in [0.717, 1.165) is 11.1 Å². The van der Waals surface area contributed by atoms with Crippen LogP contribution in [-0.4, -0.2) is 20.7 Å². The molecule has 5 heteroatoms. The number of aryl methyl sites for hydroxylation is 1. The molecule has 1 atom stereocenters. The molecule has 0 spiro atoms. The molecule has 3 rings (SSSR count). The number of nitrogens with zero attached hydrogens (tertiary/aromatic N) is 1. The van der Waals surface area contributed by atoms with Crippen molar-refractivity contribution in [2.75, 3.05) is 6.61 Å². The molecular formula is C17H17NO3S. The van der Waals surface area contributed by atoms with Crippen molar-refractivity contribution >= 4 is 16.0 Å². The van der Waals surface area contributed by atoms with Crippen LogP contribution in [0, 0.1) is 6.92 Å². The van der Waals surface area contributed by atoms with Crippen LogP contribution in [0.15, 0.2) is 59.0 Å². The van der Waals surface area contributed by atoms with E-state index in [4.69, 9.17) is 4.18 Å². The molecule has 2 aromatic carbocycles. The minimum absolute atomic E-state index is 0.0531. The third-order valence-corrected chi connectivity index (χ3v) is 4.60. The molecule has 4 nitrogen and oxygen atoms in total. The highest BCUT2D eigenvalue weighted by Crippen LogP contribution is 2.30. The van der Waals surface area contributed by atoms with Crippen molar-refractivity contribution in [3.8, 4) is 0 Å². The van der Waals surface area contributed by atoms with Crippen LogP contribution >= 0.6 is 0 Å². The van der Waals surface area contributed by atoms with E-state index in [2.05, 4.69) is 28.7 Å². The molecule has 0 bridgehead atoms. The van der Waals surface area contributed by atoms with Crippen LogP contribution in [-0.2, 0) is 14.5 Å². The third-order valence-electron chi connectivity index (χ3n) is 3.70. The summed E-state index contributed by atoms with van der Waals surface area (Å²) in [5.41, 5.74) is 4.03. The fraction of sp³-hybridized carbons (Fsp3) is 0.235. The molecule has 2 aromatic rings. The fourth-order valence-corrected chi connectivity index (χ4v) is 3.47. The van der Waals surface area contributed by atoms with Crippen LogP contribution in [0.3, 0.4) is 0 Å². The first-order valence-electron chi connectivity index (χ1n) is 7.12. The van der Waals surface area contributed by atoms with Gasteiger partial charge in [0.25, 0.3) is 0 Å². The van der Waals surface area contributed by atoms with Gasteiger partial charge in [-0.2, -0.15) is 8.42 Å². The van der Waals surface area contributed by atoms with Gasteiger partial charge < -0.3 is 0 Å². The van der Waals surface area contributed by atoms with Crippen molar-refractivity contribution in [2.45, 2.75) is 19.3 Å². The third kappa shape index (κ3) is 3.43. The molecule has 0 aliphatic carbocycles. The molecule has 0 amide bonds. The highest BCUT2D eigenvalue weighted by molar-refractivity contribution is 7.85. The molecule has 1 heterocycles. The predicted molar refractivity (Wildman–Crippen MR) is 86.4 cm³/mol. The highest BCUT2D eigenvalue weighted by Gasteiger charge is 2.25. The molecular weight excluding hydrogens is 298 g/mol. The Morgan fingerprint density at radius 3 is 2.45 bits per heavy atom. The van der Waals surface area contributed by atoms with E-state index in [0.29, 0.717) is 12.1 Å². The molecule has 0 aromatic heterocycles. The molecule has 22 heavy (non-hydrogen) atoms. The topological polar surface area (TPSA) is 55.7 Å². The van der Waals surface area contributed by atoms with E-state index in [1.807, 2.05) is 37.3 Å². The van der Waals surface area contributed by atoms with Crippen molar-refractivity contribution in [3.05, 3.63) is 71.3 Å². The second-order valence-electron chi connectivity index (χ2n) is 5.43. The van der Waals surface area contributed by atoms with Gasteiger partial charge in [0, 0.05) is 12.3 Å². The Morgan fingerprint density at radius 1 is 1.09 bits per heavy atom. The number of benzene rings is 2. The average molecular weight is 315 g/mol. The van der Waals surface area contributed by atoms with Gasteiger partial charge in [-0.3, -0.25) is 0 Å². The van der Waals surface area contributed by atoms with Crippen LogP contribution in [0.2, 0.25) is 0 Å². The quantitative estimate of drug-likeness (QED) is 0.870. The van der Waals surface area contributed by atoms with Crippen molar-refractivity contribution < 1.29 is 12.6 Å². The zero-order valence-electron chi connectivity index (χ0n) is 12.3. The second kappa shape index (κ2) is 6.02. The van der Waals surface area contributed by atoms with Gasteiger partial charge in [-0.05, 0) is 18.1 Å². The Hall–Kier alpha value is -1.98. The summed E-state index contributed by atoms with van der Waals surface area (Å²) in [6.45, 7) is 2.10. The summed E-state index contributed by atoms with van der Waals surface area (Å²) in [7, 11) is -3.73. The Bertz CT molecular complexity index is 798. The zero-order valence-corrected chi connectivity index (χ0v) is 13.1. The predicted octanol–water partition coefficient (Wildman–Crippen LogP) is 3.23. The largest absolute Gasteiger partial charge is 0.381 e. The molecule has 1 aliphatic rings. The lowest BCUT2D eigenvalue weighted by molar-refractivity contribution is 0.380. The van der Waals surface area contributed by atoms with Gasteiger partial charge in [-0.25, -0.2) is 4.18 Å². The molecule has 0 N–H and O–H groups in total. The first-order valence-corrected chi connectivity index (χ1v) is 8.48. The molecule has 0 radical (unpaired) electrons. The summed E-state index contributed by atoms with van der Waals surface area (Å²) in [4.78, 5) is 0. The Kier molecular flexibility index (Phi) is 4.09. The van der Waals surface area contributed by atoms with Gasteiger partial charge in [0.15, 0.2) is 0 Å². The average Bonchev–Trinajstić information content (AvgIpc) is 2.85. The van der Waals surface area contributed by atoms with Crippen LogP contribution < -0.4 is 0 Å². The standard InChI is InChI=1S/C17H17NO3S/c1-13-6-5-9-15(10-13)17(14-7-3-2-4-8-14)11-16-12-21-22(19,20)18-16/h2-10,17H,11-12H2,1H3/t17-/m1/s1. The van der Waals surface area contributed by atoms with Gasteiger partial charge in [0.2, 0.25) is 0 Å². The van der Waals surface area contributed by atoms with Crippen LogP contribution in [0.4, 0.5) is 0 Å². The lowest BCUT2D eigenvalue weighted by Gasteiger charge is -2.18. The van der Waals surface area contributed by atoms with Gasteiger partial charge in [0.1, 0.15) is 6.61 Å². The van der Waals surface area contributed by atoms with E-state index >= 15 is 0 Å². The Morgan fingerprint density at radius 2 is 1.82 bits per heavy atom. The maximum atomic E-state index is 11.3. The molecule has 0 saturated carbocycles. The molecule has 0 unspecified atom stereocenters. The lowest BCUT2D eigenvalue weighted by Crippen LogP contribution is -2.10. The Labute approximate surface area is 130 Å². The molecule has 0 fully saturated rings. The Balaban J connectivity index is 1.97. The normalized spacial score (nSPS) is 18.0. The van der Waals surface area contributed by atoms with Crippen LogP contribution in [0.25, 0.3) is 0 Å². The second-order valence-corrected chi connectivity index (χ2v) is 6.70. The summed E-state index contributed by atoms with van der Waals surface area (Å²) < 4.78 is 31.1. The van der Waals surface area contributed by atoms with E-state index < -0.39 is 10.3 Å². The summed E-state index contributed by atoms with van der Waals surface area (Å²) in [6.07, 6.45) is 0.534. The minimum atomic E-state index is -3.73. The number of rotatable bonds is 4. The maximum absolute atomic E-state index is 11.3. The van der Waals surface area contributed by atoms with Crippen molar-refractivity contribution in [1.29, 1.82) is 0 Å². The van der Waals surface area contributed by atoms with E-state index in [1.54, 1.807) is 0 Å². The number of hydrogen-bond donors (Lipinski definition) is 0. The van der Waals surface area contributed by atoms with E-state index in [-0.39, 0.29) is 12.5 Å². The maximum Gasteiger partial charge on any atom is 0.381 e. The monoisotopic (exact) mass is 315 g/mol. The molecule has 1 aliphatic heterocycles. The highest BCUT2D eigenvalue weighted by atomic mass is 32.2. The fourth-order valence-electron chi connectivity index (χ4n) is 2.69. The smallest absolute Gasteiger partial charge is 0.246 e. The van der Waals surface area contributed by atoms with Gasteiger partial charge in [0.05, 0.1) is 5.71 Å². The summed E-state index contributed by atoms with van der Waals surface area (Å²) in [5.74, 6) is 0.0664. The minimum Gasteiger partial charge on any atom is -0.246 e. The van der Waals surface area contributed by atoms with Gasteiger partial charge in [-0.15, -0.1) is 4.40 Å². The lowest BCUT2D eigenvalue weighted by atomic mass is 9.86. The van der Waals surface area contributed by atoms with Crippen molar-refractivity contribution in [2.24, 2.45) is 4.40 Å².